The van der Waals surface area contributed by atoms with E-state index >= 15 is 0 Å². The second kappa shape index (κ2) is 3.22. The fourth-order valence-electron chi connectivity index (χ4n) is 1.51. The van der Waals surface area contributed by atoms with Crippen molar-refractivity contribution >= 4 is 5.97 Å². The summed E-state index contributed by atoms with van der Waals surface area (Å²) in [7, 11) is 1.41. The molecule has 0 radical (unpaired) electrons. The molecule has 1 heterocycles. The first-order chi connectivity index (χ1) is 5.15. The predicted molar refractivity (Wildman–Crippen MR) is 40.1 cm³/mol. The highest BCUT2D eigenvalue weighted by Gasteiger charge is 2.35. The normalized spacial score (nSPS) is 37.2. The van der Waals surface area contributed by atoms with Crippen molar-refractivity contribution in [1.29, 1.82) is 0 Å². The van der Waals surface area contributed by atoms with Gasteiger partial charge >= 0.3 is 5.97 Å². The third kappa shape index (κ3) is 1.71. The number of ether oxygens (including phenoxy) is 2. The van der Waals surface area contributed by atoms with Gasteiger partial charge in [0.25, 0.3) is 0 Å². The third-order valence-corrected chi connectivity index (χ3v) is 2.10. The van der Waals surface area contributed by atoms with Gasteiger partial charge in [-0.2, -0.15) is 0 Å². The lowest BCUT2D eigenvalue weighted by Crippen LogP contribution is -2.22. The van der Waals surface area contributed by atoms with Crippen molar-refractivity contribution in [2.24, 2.45) is 5.92 Å². The summed E-state index contributed by atoms with van der Waals surface area (Å²) >= 11 is 0. The molecular formula is C8H14O3. The molecule has 0 aliphatic carbocycles. The summed E-state index contributed by atoms with van der Waals surface area (Å²) in [5.41, 5.74) is 0. The van der Waals surface area contributed by atoms with Gasteiger partial charge in [-0.05, 0) is 20.3 Å². The van der Waals surface area contributed by atoms with E-state index in [-0.39, 0.29) is 24.1 Å². The Kier molecular flexibility index (Phi) is 2.49. The number of carbonyl (C=O) groups excluding carboxylic acids is 1. The molecule has 11 heavy (non-hydrogen) atoms. The van der Waals surface area contributed by atoms with E-state index in [1.165, 1.54) is 7.11 Å². The molecule has 3 nitrogen and oxygen atoms in total. The summed E-state index contributed by atoms with van der Waals surface area (Å²) < 4.78 is 10.0. The number of esters is 1. The topological polar surface area (TPSA) is 35.5 Å². The van der Waals surface area contributed by atoms with E-state index in [9.17, 15) is 4.79 Å². The summed E-state index contributed by atoms with van der Waals surface area (Å²) in [6.07, 6.45) is 0.986. The van der Waals surface area contributed by atoms with Crippen LogP contribution in [0.25, 0.3) is 0 Å². The maximum atomic E-state index is 11.1. The number of hydrogen-bond acceptors (Lipinski definition) is 3. The number of carbonyl (C=O) groups is 1. The molecule has 3 heteroatoms. The van der Waals surface area contributed by atoms with E-state index in [2.05, 4.69) is 4.74 Å². The lowest BCUT2D eigenvalue weighted by atomic mass is 10.0. The molecule has 0 amide bonds. The van der Waals surface area contributed by atoms with Gasteiger partial charge in [0.05, 0.1) is 25.2 Å². The number of methoxy groups -OCH3 is 1. The summed E-state index contributed by atoms with van der Waals surface area (Å²) in [6.45, 7) is 3.88. The first-order valence-electron chi connectivity index (χ1n) is 3.88. The number of rotatable bonds is 1. The van der Waals surface area contributed by atoms with E-state index in [0.29, 0.717) is 0 Å². The Hall–Kier alpha value is -0.570. The van der Waals surface area contributed by atoms with Crippen LogP contribution in [-0.4, -0.2) is 25.3 Å². The Morgan fingerprint density at radius 3 is 2.55 bits per heavy atom. The van der Waals surface area contributed by atoms with Gasteiger partial charge in [-0.1, -0.05) is 0 Å². The molecule has 0 aromatic rings. The number of hydrogen-bond donors (Lipinski definition) is 0. The molecule has 1 saturated heterocycles. The second-order valence-corrected chi connectivity index (χ2v) is 3.02. The van der Waals surface area contributed by atoms with E-state index in [1.807, 2.05) is 13.8 Å². The Balaban J connectivity index is 2.52. The van der Waals surface area contributed by atoms with Gasteiger partial charge < -0.3 is 9.47 Å². The maximum Gasteiger partial charge on any atom is 0.311 e. The quantitative estimate of drug-likeness (QED) is 0.533. The molecule has 0 N–H and O–H groups in total. The van der Waals surface area contributed by atoms with Crippen LogP contribution in [0.3, 0.4) is 0 Å². The third-order valence-electron chi connectivity index (χ3n) is 2.10. The van der Waals surface area contributed by atoms with Gasteiger partial charge in [-0.25, -0.2) is 0 Å². The minimum Gasteiger partial charge on any atom is -0.469 e. The minimum atomic E-state index is -0.151. The van der Waals surface area contributed by atoms with Crippen LogP contribution in [0.15, 0.2) is 0 Å². The van der Waals surface area contributed by atoms with Crippen LogP contribution in [-0.2, 0) is 14.3 Å². The lowest BCUT2D eigenvalue weighted by Gasteiger charge is -2.09. The van der Waals surface area contributed by atoms with E-state index in [1.54, 1.807) is 0 Å². The molecule has 0 bridgehead atoms. The van der Waals surface area contributed by atoms with Crippen molar-refractivity contribution in [3.05, 3.63) is 0 Å². The van der Waals surface area contributed by atoms with Crippen LogP contribution in [0.4, 0.5) is 0 Å². The van der Waals surface area contributed by atoms with E-state index in [4.69, 9.17) is 4.74 Å². The molecule has 1 fully saturated rings. The molecule has 64 valence electrons. The molecule has 0 aromatic heterocycles. The van der Waals surface area contributed by atoms with Gasteiger partial charge in [-0.15, -0.1) is 0 Å². The summed E-state index contributed by atoms with van der Waals surface area (Å²) in [4.78, 5) is 11.1. The maximum absolute atomic E-state index is 11.1. The molecule has 0 aromatic carbocycles. The fourth-order valence-corrected chi connectivity index (χ4v) is 1.51. The largest absolute Gasteiger partial charge is 0.469 e. The smallest absolute Gasteiger partial charge is 0.311 e. The Labute approximate surface area is 66.7 Å². The molecule has 0 saturated carbocycles. The molecule has 0 unspecified atom stereocenters. The van der Waals surface area contributed by atoms with E-state index in [0.717, 1.165) is 6.42 Å². The Bertz CT molecular complexity index is 155. The lowest BCUT2D eigenvalue weighted by molar-refractivity contribution is -0.146. The first kappa shape index (κ1) is 8.53. The fraction of sp³-hybridized carbons (Fsp3) is 0.875. The van der Waals surface area contributed by atoms with Crippen LogP contribution >= 0.6 is 0 Å². The molecular weight excluding hydrogens is 144 g/mol. The Morgan fingerprint density at radius 2 is 2.18 bits per heavy atom. The van der Waals surface area contributed by atoms with Gasteiger partial charge in [0.2, 0.25) is 0 Å². The van der Waals surface area contributed by atoms with Gasteiger partial charge in [0.1, 0.15) is 0 Å². The highest BCUT2D eigenvalue weighted by molar-refractivity contribution is 5.73. The zero-order valence-electron chi connectivity index (χ0n) is 7.16. The van der Waals surface area contributed by atoms with Gasteiger partial charge in [0, 0.05) is 0 Å². The predicted octanol–water partition coefficient (Wildman–Crippen LogP) is 0.973. The highest BCUT2D eigenvalue weighted by Crippen LogP contribution is 2.26. The van der Waals surface area contributed by atoms with Gasteiger partial charge in [0.15, 0.2) is 0 Å². The van der Waals surface area contributed by atoms with Crippen LogP contribution in [0.5, 0.6) is 0 Å². The summed E-state index contributed by atoms with van der Waals surface area (Å²) in [5, 5.41) is 0. The van der Waals surface area contributed by atoms with Crippen molar-refractivity contribution in [3.63, 3.8) is 0 Å². The first-order valence-corrected chi connectivity index (χ1v) is 3.88. The zero-order chi connectivity index (χ0) is 8.43. The van der Waals surface area contributed by atoms with Crippen molar-refractivity contribution in [2.75, 3.05) is 7.11 Å². The molecule has 1 aliphatic heterocycles. The van der Waals surface area contributed by atoms with Crippen molar-refractivity contribution < 1.29 is 14.3 Å². The van der Waals surface area contributed by atoms with Crippen molar-refractivity contribution in [3.8, 4) is 0 Å². The van der Waals surface area contributed by atoms with Crippen molar-refractivity contribution in [2.45, 2.75) is 32.5 Å². The molecule has 1 aliphatic rings. The van der Waals surface area contributed by atoms with E-state index < -0.39 is 0 Å². The molecule has 3 atom stereocenters. The Morgan fingerprint density at radius 1 is 1.55 bits per heavy atom. The zero-order valence-corrected chi connectivity index (χ0v) is 7.16. The van der Waals surface area contributed by atoms with Crippen LogP contribution in [0.2, 0.25) is 0 Å². The molecule has 1 rings (SSSR count). The van der Waals surface area contributed by atoms with Crippen LogP contribution in [0, 0.1) is 5.92 Å². The monoisotopic (exact) mass is 158 g/mol. The van der Waals surface area contributed by atoms with Crippen LogP contribution in [0.1, 0.15) is 20.3 Å². The average Bonchev–Trinajstić information content (AvgIpc) is 2.28. The standard InChI is InChI=1S/C8H14O3/c1-5-4-7(6(2)11-5)8(9)10-3/h5-7H,4H2,1-3H3/t5-,6+,7-/m0/s1. The van der Waals surface area contributed by atoms with Crippen LogP contribution < -0.4 is 0 Å². The molecule has 0 spiro atoms. The summed E-state index contributed by atoms with van der Waals surface area (Å²) in [5.74, 6) is -0.211. The summed E-state index contributed by atoms with van der Waals surface area (Å²) in [6, 6.07) is 0. The second-order valence-electron chi connectivity index (χ2n) is 3.02. The highest BCUT2D eigenvalue weighted by atomic mass is 16.5. The minimum absolute atomic E-state index is 0.0115. The van der Waals surface area contributed by atoms with Gasteiger partial charge in [-0.3, -0.25) is 4.79 Å². The SMILES string of the molecule is COC(=O)[C@H]1C[C@H](C)O[C@@H]1C. The average molecular weight is 158 g/mol. The van der Waals surface area contributed by atoms with Crippen molar-refractivity contribution in [1.82, 2.24) is 0 Å².